The van der Waals surface area contributed by atoms with Gasteiger partial charge in [-0.2, -0.15) is 13.2 Å². The van der Waals surface area contributed by atoms with Gasteiger partial charge in [0.2, 0.25) is 5.60 Å². The Kier molecular flexibility index (Phi) is 3.97. The second kappa shape index (κ2) is 5.40. The molecule has 0 aliphatic carbocycles. The third-order valence-corrected chi connectivity index (χ3v) is 5.05. The van der Waals surface area contributed by atoms with Crippen molar-refractivity contribution in [3.05, 3.63) is 35.9 Å². The fourth-order valence-electron chi connectivity index (χ4n) is 3.74. The molecule has 4 atom stereocenters. The van der Waals surface area contributed by atoms with Gasteiger partial charge in [-0.1, -0.05) is 44.2 Å². The molecule has 8 heteroatoms. The molecule has 0 aromatic heterocycles. The summed E-state index contributed by atoms with van der Waals surface area (Å²) in [5.74, 6) is -2.25. The van der Waals surface area contributed by atoms with Gasteiger partial charge in [-0.3, -0.25) is 0 Å². The topological polar surface area (TPSA) is 60.0 Å². The molecular weight excluding hydrogens is 327 g/mol. The predicted molar refractivity (Wildman–Crippen MR) is 77.7 cm³/mol. The maximum absolute atomic E-state index is 14.2. The molecular formula is C16H20F3NO4. The highest BCUT2D eigenvalue weighted by molar-refractivity contribution is 5.25. The Hall–Kier alpha value is -1.19. The minimum absolute atomic E-state index is 0.520. The Balaban J connectivity index is 2.15. The van der Waals surface area contributed by atoms with Crippen LogP contribution < -0.4 is 5.32 Å². The van der Waals surface area contributed by atoms with Gasteiger partial charge in [0.05, 0.1) is 12.7 Å². The molecule has 0 radical (unpaired) electrons. The first-order valence-corrected chi connectivity index (χ1v) is 7.56. The Labute approximate surface area is 137 Å². The molecule has 5 nitrogen and oxygen atoms in total. The summed E-state index contributed by atoms with van der Waals surface area (Å²) in [6.45, 7) is 2.13. The van der Waals surface area contributed by atoms with E-state index in [2.05, 4.69) is 5.32 Å². The lowest BCUT2D eigenvalue weighted by Crippen LogP contribution is -2.68. The third kappa shape index (κ3) is 2.01. The highest BCUT2D eigenvalue weighted by Crippen LogP contribution is 2.64. The van der Waals surface area contributed by atoms with Crippen molar-refractivity contribution in [2.75, 3.05) is 13.7 Å². The molecule has 2 heterocycles. The largest absolute Gasteiger partial charge is 0.425 e. The number of methoxy groups -OCH3 is 1. The molecule has 2 saturated heterocycles. The highest BCUT2D eigenvalue weighted by Gasteiger charge is 2.86. The lowest BCUT2D eigenvalue weighted by Gasteiger charge is -2.43. The van der Waals surface area contributed by atoms with E-state index in [4.69, 9.17) is 14.2 Å². The van der Waals surface area contributed by atoms with Crippen molar-refractivity contribution < 1.29 is 32.5 Å². The standard InChI is InChI=1S/C16H20F3NO4/c1-13(2)11(9-21)23-16(22-3)14(13,15(17,18)19)24-12(20-16)10-7-5-4-6-8-10/h4-8,11-12,20-21H,9H2,1-3H3. The van der Waals surface area contributed by atoms with E-state index in [1.54, 1.807) is 30.3 Å². The third-order valence-electron chi connectivity index (χ3n) is 5.05. The quantitative estimate of drug-likeness (QED) is 0.879. The average Bonchev–Trinajstić information content (AvgIpc) is 2.98. The summed E-state index contributed by atoms with van der Waals surface area (Å²) in [7, 11) is 1.13. The van der Waals surface area contributed by atoms with Gasteiger partial charge < -0.3 is 19.3 Å². The van der Waals surface area contributed by atoms with E-state index in [-0.39, 0.29) is 0 Å². The fourth-order valence-corrected chi connectivity index (χ4v) is 3.74. The first kappa shape index (κ1) is 17.6. The van der Waals surface area contributed by atoms with Gasteiger partial charge in [-0.15, -0.1) is 0 Å². The van der Waals surface area contributed by atoms with Crippen LogP contribution in [0.4, 0.5) is 13.2 Å². The molecule has 2 fully saturated rings. The first-order valence-electron chi connectivity index (χ1n) is 7.56. The van der Waals surface area contributed by atoms with Crippen molar-refractivity contribution in [3.63, 3.8) is 0 Å². The van der Waals surface area contributed by atoms with E-state index in [0.29, 0.717) is 5.56 Å². The first-order chi connectivity index (χ1) is 11.1. The molecule has 24 heavy (non-hydrogen) atoms. The van der Waals surface area contributed by atoms with Crippen molar-refractivity contribution in [3.8, 4) is 0 Å². The zero-order valence-electron chi connectivity index (χ0n) is 13.6. The van der Waals surface area contributed by atoms with Crippen LogP contribution in [0.25, 0.3) is 0 Å². The van der Waals surface area contributed by atoms with Crippen molar-refractivity contribution in [1.82, 2.24) is 5.32 Å². The minimum atomic E-state index is -4.80. The van der Waals surface area contributed by atoms with Crippen LogP contribution in [0.15, 0.2) is 30.3 Å². The summed E-state index contributed by atoms with van der Waals surface area (Å²) >= 11 is 0. The Bertz CT molecular complexity index is 609. The number of nitrogens with one attached hydrogen (secondary N) is 1. The predicted octanol–water partition coefficient (Wildman–Crippen LogP) is 2.32. The minimum Gasteiger partial charge on any atom is -0.394 e. The summed E-state index contributed by atoms with van der Waals surface area (Å²) < 4.78 is 59.0. The lowest BCUT2D eigenvalue weighted by atomic mass is 9.71. The van der Waals surface area contributed by atoms with Crippen molar-refractivity contribution >= 4 is 0 Å². The summed E-state index contributed by atoms with van der Waals surface area (Å²) in [6.07, 6.45) is -6.97. The van der Waals surface area contributed by atoms with Crippen molar-refractivity contribution in [2.45, 2.75) is 43.9 Å². The van der Waals surface area contributed by atoms with Crippen LogP contribution in [-0.2, 0) is 14.2 Å². The van der Waals surface area contributed by atoms with E-state index in [9.17, 15) is 18.3 Å². The molecule has 1 aromatic carbocycles. The SMILES string of the molecule is COC12NC(c3ccccc3)OC1(C(F)(F)F)C(C)(C)C(CO)O2. The number of alkyl halides is 3. The number of halogens is 3. The summed E-state index contributed by atoms with van der Waals surface area (Å²) in [6, 6.07) is 8.48. The molecule has 1 aromatic rings. The monoisotopic (exact) mass is 347 g/mol. The van der Waals surface area contributed by atoms with Crippen LogP contribution in [0.2, 0.25) is 0 Å². The zero-order valence-corrected chi connectivity index (χ0v) is 13.6. The van der Waals surface area contributed by atoms with E-state index >= 15 is 0 Å². The van der Waals surface area contributed by atoms with Gasteiger partial charge in [0.15, 0.2) is 0 Å². The van der Waals surface area contributed by atoms with Crippen molar-refractivity contribution in [1.29, 1.82) is 0 Å². The maximum atomic E-state index is 14.2. The van der Waals surface area contributed by atoms with Crippen molar-refractivity contribution in [2.24, 2.45) is 5.41 Å². The van der Waals surface area contributed by atoms with Gasteiger partial charge in [0.25, 0.3) is 5.91 Å². The van der Waals surface area contributed by atoms with E-state index in [1.165, 1.54) is 13.8 Å². The second-order valence-corrected chi connectivity index (χ2v) is 6.56. The number of ether oxygens (including phenoxy) is 3. The number of benzene rings is 1. The molecule has 0 bridgehead atoms. The van der Waals surface area contributed by atoms with Gasteiger partial charge in [0, 0.05) is 12.5 Å². The van der Waals surface area contributed by atoms with Crippen LogP contribution in [-0.4, -0.2) is 42.6 Å². The normalized spacial score (nSPS) is 38.3. The maximum Gasteiger partial charge on any atom is 0.425 e. The van der Waals surface area contributed by atoms with Gasteiger partial charge in [-0.25, -0.2) is 5.32 Å². The summed E-state index contributed by atoms with van der Waals surface area (Å²) in [5, 5.41) is 12.2. The Morgan fingerprint density at radius 2 is 1.83 bits per heavy atom. The molecule has 2 aliphatic heterocycles. The van der Waals surface area contributed by atoms with Crippen LogP contribution in [0.1, 0.15) is 25.6 Å². The zero-order chi connectivity index (χ0) is 17.8. The van der Waals surface area contributed by atoms with Crippen LogP contribution in [0.5, 0.6) is 0 Å². The van der Waals surface area contributed by atoms with Gasteiger partial charge in [-0.05, 0) is 5.56 Å². The van der Waals surface area contributed by atoms with E-state index in [1.807, 2.05) is 0 Å². The van der Waals surface area contributed by atoms with Crippen LogP contribution in [0, 0.1) is 5.41 Å². The highest BCUT2D eigenvalue weighted by atomic mass is 19.4. The molecule has 134 valence electrons. The molecule has 0 amide bonds. The number of hydrogen-bond acceptors (Lipinski definition) is 5. The molecule has 4 unspecified atom stereocenters. The molecule has 0 saturated carbocycles. The summed E-state index contributed by atoms with van der Waals surface area (Å²) in [4.78, 5) is 0. The number of aliphatic hydroxyl groups excluding tert-OH is 1. The second-order valence-electron chi connectivity index (χ2n) is 6.56. The fraction of sp³-hybridized carbons (Fsp3) is 0.625. The number of aliphatic hydroxyl groups is 1. The van der Waals surface area contributed by atoms with E-state index < -0.39 is 42.0 Å². The number of hydrogen-bond donors (Lipinski definition) is 2. The number of rotatable bonds is 3. The summed E-state index contributed by atoms with van der Waals surface area (Å²) in [5.41, 5.74) is -3.85. The smallest absolute Gasteiger partial charge is 0.394 e. The lowest BCUT2D eigenvalue weighted by molar-refractivity contribution is -0.361. The molecule has 2 aliphatic rings. The Morgan fingerprint density at radius 3 is 2.29 bits per heavy atom. The van der Waals surface area contributed by atoms with Crippen LogP contribution in [0.3, 0.4) is 0 Å². The van der Waals surface area contributed by atoms with Gasteiger partial charge >= 0.3 is 6.18 Å². The average molecular weight is 347 g/mol. The molecule has 2 N–H and O–H groups in total. The van der Waals surface area contributed by atoms with Crippen LogP contribution >= 0.6 is 0 Å². The molecule has 0 spiro atoms. The number of fused-ring (bicyclic) bond motifs is 1. The Morgan fingerprint density at radius 1 is 1.21 bits per heavy atom. The molecule has 3 rings (SSSR count). The van der Waals surface area contributed by atoms with E-state index in [0.717, 1.165) is 7.11 Å². The van der Waals surface area contributed by atoms with Gasteiger partial charge in [0.1, 0.15) is 6.23 Å².